The van der Waals surface area contributed by atoms with Crippen LogP contribution in [-0.2, 0) is 6.42 Å². The maximum atomic E-state index is 6.28. The summed E-state index contributed by atoms with van der Waals surface area (Å²) >= 11 is 8.54. The van der Waals surface area contributed by atoms with Gasteiger partial charge in [-0.15, -0.1) is 0 Å². The first-order valence-corrected chi connectivity index (χ1v) is 8.70. The van der Waals surface area contributed by atoms with Gasteiger partial charge in [0.1, 0.15) is 0 Å². The summed E-state index contributed by atoms with van der Waals surface area (Å²) in [5.74, 6) is 0. The molecule has 0 aliphatic carbocycles. The van der Waals surface area contributed by atoms with Crippen molar-refractivity contribution in [1.29, 1.82) is 0 Å². The van der Waals surface area contributed by atoms with E-state index in [1.54, 1.807) is 0 Å². The van der Waals surface area contributed by atoms with Crippen molar-refractivity contribution in [2.45, 2.75) is 33.2 Å². The molecule has 0 aliphatic heterocycles. The first-order valence-electron chi connectivity index (χ1n) is 7.25. The van der Waals surface area contributed by atoms with Crippen LogP contribution in [0.4, 0.5) is 0 Å². The van der Waals surface area contributed by atoms with E-state index in [2.05, 4.69) is 85.1 Å². The fourth-order valence-corrected chi connectivity index (χ4v) is 3.23. The van der Waals surface area contributed by atoms with Crippen molar-refractivity contribution in [2.24, 2.45) is 0 Å². The molecule has 3 heteroatoms. The lowest BCUT2D eigenvalue weighted by atomic mass is 9.96. The SMILES string of the molecule is CCNC(Cc1cc(C)cc(C)c1)c1ccc(I)c(Cl)c1. The average molecular weight is 414 g/mol. The molecule has 0 saturated heterocycles. The van der Waals surface area contributed by atoms with Gasteiger partial charge in [-0.1, -0.05) is 53.9 Å². The summed E-state index contributed by atoms with van der Waals surface area (Å²) in [7, 11) is 0. The van der Waals surface area contributed by atoms with E-state index in [9.17, 15) is 0 Å². The molecule has 0 aromatic heterocycles. The Labute approximate surface area is 146 Å². The largest absolute Gasteiger partial charge is 0.310 e. The van der Waals surface area contributed by atoms with E-state index in [0.29, 0.717) is 6.04 Å². The van der Waals surface area contributed by atoms with Crippen molar-refractivity contribution < 1.29 is 0 Å². The van der Waals surface area contributed by atoms with Crippen LogP contribution in [0, 0.1) is 17.4 Å². The highest BCUT2D eigenvalue weighted by atomic mass is 127. The normalized spacial score (nSPS) is 12.4. The molecule has 0 saturated carbocycles. The molecule has 2 aromatic carbocycles. The van der Waals surface area contributed by atoms with Crippen LogP contribution in [0.2, 0.25) is 5.02 Å². The molecule has 0 bridgehead atoms. The number of benzene rings is 2. The van der Waals surface area contributed by atoms with Crippen LogP contribution in [-0.4, -0.2) is 6.54 Å². The third-order valence-electron chi connectivity index (χ3n) is 3.52. The third kappa shape index (κ3) is 4.70. The Hall–Kier alpha value is -0.580. The molecule has 2 rings (SSSR count). The maximum absolute atomic E-state index is 6.28. The maximum Gasteiger partial charge on any atom is 0.0542 e. The van der Waals surface area contributed by atoms with Crippen LogP contribution in [0.15, 0.2) is 36.4 Å². The average Bonchev–Trinajstić information content (AvgIpc) is 2.40. The van der Waals surface area contributed by atoms with E-state index in [-0.39, 0.29) is 0 Å². The molecule has 1 atom stereocenters. The summed E-state index contributed by atoms with van der Waals surface area (Å²) in [5.41, 5.74) is 5.26. The second kappa shape index (κ2) is 7.61. The minimum atomic E-state index is 0.297. The van der Waals surface area contributed by atoms with Crippen molar-refractivity contribution in [1.82, 2.24) is 5.32 Å². The Bertz CT molecular complexity index is 604. The highest BCUT2D eigenvalue weighted by molar-refractivity contribution is 14.1. The zero-order valence-electron chi connectivity index (χ0n) is 12.7. The summed E-state index contributed by atoms with van der Waals surface area (Å²) in [6, 6.07) is 13.4. The van der Waals surface area contributed by atoms with E-state index in [0.717, 1.165) is 21.6 Å². The van der Waals surface area contributed by atoms with Gasteiger partial charge in [0.25, 0.3) is 0 Å². The smallest absolute Gasteiger partial charge is 0.0542 e. The predicted octanol–water partition coefficient (Wildman–Crippen LogP) is 5.45. The Morgan fingerprint density at radius 2 is 1.76 bits per heavy atom. The van der Waals surface area contributed by atoms with E-state index >= 15 is 0 Å². The molecule has 0 spiro atoms. The van der Waals surface area contributed by atoms with Gasteiger partial charge < -0.3 is 5.32 Å². The molecule has 0 radical (unpaired) electrons. The van der Waals surface area contributed by atoms with Gasteiger partial charge in [-0.25, -0.2) is 0 Å². The summed E-state index contributed by atoms with van der Waals surface area (Å²) in [4.78, 5) is 0. The summed E-state index contributed by atoms with van der Waals surface area (Å²) in [6.07, 6.45) is 0.979. The lowest BCUT2D eigenvalue weighted by Crippen LogP contribution is -2.23. The fourth-order valence-electron chi connectivity index (χ4n) is 2.71. The number of likely N-dealkylation sites (N-methyl/N-ethyl adjacent to an activating group) is 1. The lowest BCUT2D eigenvalue weighted by molar-refractivity contribution is 0.549. The monoisotopic (exact) mass is 413 g/mol. The first kappa shape index (κ1) is 16.8. The lowest BCUT2D eigenvalue weighted by Gasteiger charge is -2.20. The topological polar surface area (TPSA) is 12.0 Å². The van der Waals surface area contributed by atoms with Crippen molar-refractivity contribution in [3.05, 3.63) is 67.2 Å². The molecule has 0 amide bonds. The van der Waals surface area contributed by atoms with Crippen LogP contribution in [0.3, 0.4) is 0 Å². The Morgan fingerprint density at radius 1 is 1.10 bits per heavy atom. The minimum Gasteiger partial charge on any atom is -0.310 e. The zero-order chi connectivity index (χ0) is 15.4. The molecular formula is C18H21ClIN. The highest BCUT2D eigenvalue weighted by Crippen LogP contribution is 2.26. The van der Waals surface area contributed by atoms with Gasteiger partial charge in [0.2, 0.25) is 0 Å². The molecule has 0 aliphatic rings. The van der Waals surface area contributed by atoms with Crippen molar-refractivity contribution in [3.63, 3.8) is 0 Å². The molecule has 2 aromatic rings. The zero-order valence-corrected chi connectivity index (χ0v) is 15.6. The van der Waals surface area contributed by atoms with Crippen LogP contribution >= 0.6 is 34.2 Å². The first-order chi connectivity index (χ1) is 9.99. The summed E-state index contributed by atoms with van der Waals surface area (Å²) < 4.78 is 1.10. The van der Waals surface area contributed by atoms with Crippen LogP contribution in [0.5, 0.6) is 0 Å². The van der Waals surface area contributed by atoms with Gasteiger partial charge in [-0.05, 0) is 72.7 Å². The van der Waals surface area contributed by atoms with E-state index < -0.39 is 0 Å². The van der Waals surface area contributed by atoms with E-state index in [4.69, 9.17) is 11.6 Å². The molecular weight excluding hydrogens is 393 g/mol. The van der Waals surface area contributed by atoms with Crippen LogP contribution in [0.1, 0.15) is 35.2 Å². The predicted molar refractivity (Wildman–Crippen MR) is 100 cm³/mol. The number of hydrogen-bond donors (Lipinski definition) is 1. The molecule has 1 N–H and O–H groups in total. The van der Waals surface area contributed by atoms with Crippen molar-refractivity contribution in [2.75, 3.05) is 6.54 Å². The molecule has 112 valence electrons. The Kier molecular flexibility index (Phi) is 6.08. The van der Waals surface area contributed by atoms with Gasteiger partial charge in [0.05, 0.1) is 5.02 Å². The van der Waals surface area contributed by atoms with Gasteiger partial charge in [0.15, 0.2) is 0 Å². The molecule has 1 nitrogen and oxygen atoms in total. The highest BCUT2D eigenvalue weighted by Gasteiger charge is 2.13. The second-order valence-electron chi connectivity index (χ2n) is 5.48. The summed E-state index contributed by atoms with van der Waals surface area (Å²) in [6.45, 7) is 7.39. The van der Waals surface area contributed by atoms with Gasteiger partial charge in [-0.3, -0.25) is 0 Å². The van der Waals surface area contributed by atoms with Crippen molar-refractivity contribution in [3.8, 4) is 0 Å². The standard InChI is InChI=1S/C18H21ClIN/c1-4-21-18(15-5-6-17(20)16(19)11-15)10-14-8-12(2)7-13(3)9-14/h5-9,11,18,21H,4,10H2,1-3H3. The number of halogens is 2. The second-order valence-corrected chi connectivity index (χ2v) is 7.05. The van der Waals surface area contributed by atoms with E-state index in [1.165, 1.54) is 22.3 Å². The molecule has 0 fully saturated rings. The van der Waals surface area contributed by atoms with Gasteiger partial charge in [-0.2, -0.15) is 0 Å². The number of rotatable bonds is 5. The quantitative estimate of drug-likeness (QED) is 0.642. The Balaban J connectivity index is 2.27. The Morgan fingerprint density at radius 3 is 2.33 bits per heavy atom. The van der Waals surface area contributed by atoms with Crippen LogP contribution < -0.4 is 5.32 Å². The summed E-state index contributed by atoms with van der Waals surface area (Å²) in [5, 5.41) is 4.40. The fraction of sp³-hybridized carbons (Fsp3) is 0.333. The van der Waals surface area contributed by atoms with Crippen molar-refractivity contribution >= 4 is 34.2 Å². The molecule has 21 heavy (non-hydrogen) atoms. The number of aryl methyl sites for hydroxylation is 2. The number of hydrogen-bond acceptors (Lipinski definition) is 1. The van der Waals surface area contributed by atoms with Gasteiger partial charge >= 0.3 is 0 Å². The molecule has 0 heterocycles. The minimum absolute atomic E-state index is 0.297. The van der Waals surface area contributed by atoms with Gasteiger partial charge in [0, 0.05) is 9.61 Å². The van der Waals surface area contributed by atoms with Crippen LogP contribution in [0.25, 0.3) is 0 Å². The van der Waals surface area contributed by atoms with E-state index in [1.807, 2.05) is 0 Å². The third-order valence-corrected chi connectivity index (χ3v) is 5.09. The molecule has 1 unspecified atom stereocenters. The number of nitrogens with one attached hydrogen (secondary N) is 1.